The molecule has 3 aromatic carbocycles. The first kappa shape index (κ1) is 55.5. The van der Waals surface area contributed by atoms with Crippen molar-refractivity contribution < 1.29 is 41.9 Å². The van der Waals surface area contributed by atoms with Gasteiger partial charge in [0, 0.05) is 83.9 Å². The van der Waals surface area contributed by atoms with E-state index in [9.17, 15) is 38.2 Å². The molecule has 0 saturated carbocycles. The van der Waals surface area contributed by atoms with Crippen LogP contribution in [0.3, 0.4) is 0 Å². The summed E-state index contributed by atoms with van der Waals surface area (Å²) >= 11 is 6.04. The van der Waals surface area contributed by atoms with E-state index in [0.29, 0.717) is 42.1 Å². The number of benzene rings is 3. The summed E-state index contributed by atoms with van der Waals surface area (Å²) in [6, 6.07) is 24.2. The smallest absolute Gasteiger partial charge is 0.442 e. The summed E-state index contributed by atoms with van der Waals surface area (Å²) in [6.45, 7) is 13.3. The average Bonchev–Trinajstić information content (AvgIpc) is 4.21. The van der Waals surface area contributed by atoms with E-state index in [2.05, 4.69) is 41.4 Å². The molecule has 0 amide bonds. The maximum atomic E-state index is 13.1. The van der Waals surface area contributed by atoms with E-state index in [0.717, 1.165) is 65.8 Å². The maximum Gasteiger partial charge on any atom is 0.498 e. The molecule has 17 nitrogen and oxygen atoms in total. The molecule has 10 rings (SSSR count). The zero-order chi connectivity index (χ0) is 54.4. The number of nitro groups is 2. The summed E-state index contributed by atoms with van der Waals surface area (Å²) in [6.07, 6.45) is 9.40. The highest BCUT2D eigenvalue weighted by Crippen LogP contribution is 2.39. The van der Waals surface area contributed by atoms with Crippen molar-refractivity contribution in [3.05, 3.63) is 168 Å². The van der Waals surface area contributed by atoms with Crippen molar-refractivity contribution in [1.29, 1.82) is 0 Å². The number of carbonyl (C=O) groups is 1. The van der Waals surface area contributed by atoms with Crippen molar-refractivity contribution >= 4 is 85.7 Å². The van der Waals surface area contributed by atoms with Crippen LogP contribution in [0, 0.1) is 35.6 Å². The van der Waals surface area contributed by atoms with Crippen LogP contribution in [-0.2, 0) is 14.0 Å². The number of aromatic amines is 2. The number of hydrogen-bond acceptors (Lipinski definition) is 15. The van der Waals surface area contributed by atoms with Gasteiger partial charge in [-0.25, -0.2) is 4.79 Å². The van der Waals surface area contributed by atoms with Crippen molar-refractivity contribution in [2.45, 2.75) is 65.3 Å². The Hall–Kier alpha value is -7.29. The minimum Gasteiger partial charge on any atom is -0.442 e. The molecule has 0 radical (unpaired) electrons. The van der Waals surface area contributed by atoms with Crippen LogP contribution >= 0.6 is 49.9 Å². The Balaban J connectivity index is 0.000000146. The van der Waals surface area contributed by atoms with Crippen molar-refractivity contribution in [3.63, 3.8) is 0 Å². The Morgan fingerprint density at radius 2 is 1.15 bits per heavy atom. The second-order valence-electron chi connectivity index (χ2n) is 18.3. The largest absolute Gasteiger partial charge is 0.498 e. The van der Waals surface area contributed by atoms with Crippen LogP contribution < -0.4 is 11.2 Å². The molecule has 25 heteroatoms. The van der Waals surface area contributed by atoms with Crippen LogP contribution in [0.4, 0.5) is 35.0 Å². The Labute approximate surface area is 448 Å². The van der Waals surface area contributed by atoms with Gasteiger partial charge in [-0.15, -0.1) is 34.0 Å². The predicted octanol–water partition coefficient (Wildman–Crippen LogP) is 13.6. The summed E-state index contributed by atoms with van der Waals surface area (Å²) in [5, 5.41) is 38.3. The van der Waals surface area contributed by atoms with Gasteiger partial charge in [0.15, 0.2) is 15.4 Å². The quantitative estimate of drug-likeness (QED) is 0.0558. The van der Waals surface area contributed by atoms with Crippen molar-refractivity contribution in [3.8, 4) is 53.6 Å². The number of anilines is 1. The van der Waals surface area contributed by atoms with Crippen LogP contribution in [0.15, 0.2) is 133 Å². The Morgan fingerprint density at radius 3 is 1.57 bits per heavy atom. The molecule has 1 saturated heterocycles. The third kappa shape index (κ3) is 13.9. The number of H-pyrrole nitrogens is 2. The lowest BCUT2D eigenvalue weighted by molar-refractivity contribution is -0.384. The number of carbonyl (C=O) groups excluding carboxylic acids is 1. The highest BCUT2D eigenvalue weighted by Gasteiger charge is 2.52. The lowest BCUT2D eigenvalue weighted by Gasteiger charge is -2.32. The fraction of sp³-hybridized carbons (Fsp3) is 0.200. The number of nitrogens with one attached hydrogen (secondary N) is 2. The molecule has 4 N–H and O–H groups in total. The fourth-order valence-electron chi connectivity index (χ4n) is 6.94. The molecule has 0 atom stereocenters. The van der Waals surface area contributed by atoms with E-state index in [1.807, 2.05) is 66.7 Å². The average molecular weight is 1140 g/mol. The minimum absolute atomic E-state index is 0.0313. The van der Waals surface area contributed by atoms with Gasteiger partial charge in [0.1, 0.15) is 5.60 Å². The van der Waals surface area contributed by atoms with Crippen molar-refractivity contribution in [2.24, 2.45) is 0 Å². The number of aromatic nitrogens is 6. The number of ether oxygens (including phenoxy) is 1. The zero-order valence-electron chi connectivity index (χ0n) is 41.0. The number of nitro benzene ring substituents is 2. The first-order valence-corrected chi connectivity index (χ1v) is 25.6. The van der Waals surface area contributed by atoms with Crippen LogP contribution in [0.5, 0.6) is 0 Å². The summed E-state index contributed by atoms with van der Waals surface area (Å²) < 4.78 is 57.8. The maximum absolute atomic E-state index is 13.1. The van der Waals surface area contributed by atoms with E-state index < -0.39 is 39.9 Å². The number of nitrogen functional groups attached to an aromatic ring is 1. The van der Waals surface area contributed by atoms with E-state index in [1.165, 1.54) is 36.4 Å². The van der Waals surface area contributed by atoms with Gasteiger partial charge in [-0.05, 0) is 120 Å². The number of nitrogens with zero attached hydrogens (tertiary/aromatic N) is 6. The Morgan fingerprint density at radius 1 is 0.693 bits per heavy atom. The molecule has 0 unspecified atom stereocenters. The van der Waals surface area contributed by atoms with Crippen molar-refractivity contribution in [1.82, 2.24) is 30.2 Å². The first-order valence-electron chi connectivity index (χ1n) is 22.4. The zero-order valence-corrected chi connectivity index (χ0v) is 45.0. The van der Waals surface area contributed by atoms with Gasteiger partial charge in [-0.2, -0.15) is 33.1 Å². The van der Waals surface area contributed by atoms with Gasteiger partial charge in [-0.1, -0.05) is 34.1 Å². The van der Waals surface area contributed by atoms with E-state index in [4.69, 9.17) is 19.8 Å². The summed E-state index contributed by atoms with van der Waals surface area (Å²) in [5.74, 6) is 0. The van der Waals surface area contributed by atoms with Gasteiger partial charge in [0.25, 0.3) is 11.4 Å². The summed E-state index contributed by atoms with van der Waals surface area (Å²) in [7, 11) is -0.536. The molecule has 7 heterocycles. The fourth-order valence-corrected chi connectivity index (χ4v) is 9.60. The molecule has 1 fully saturated rings. The monoisotopic (exact) mass is 1140 g/mol. The number of rotatable bonds is 8. The topological polar surface area (TPSA) is 232 Å². The molecular weight excluding hydrogens is 1100 g/mol. The number of nitrogens with two attached hydrogens (primary N) is 1. The first-order chi connectivity index (χ1) is 35.4. The van der Waals surface area contributed by atoms with Crippen LogP contribution in [-0.4, -0.2) is 70.0 Å². The van der Waals surface area contributed by atoms with E-state index in [1.54, 1.807) is 73.6 Å². The molecule has 0 bridgehead atoms. The molecule has 75 heavy (non-hydrogen) atoms. The SMILES string of the molecule is CC(C)(C)OC(=O)n1cc(B2OC(C)(C)C(C)(C)O2)cn1.Nc1cc(-c2cn[nH]c2)ccc1-c1ccc(F)s1.O=[N+]([O-])c1cc(-c2cn[nH]c2)ccc1-c1ccc(F)s1.O=[N+]([O-])c1cc(Br)ccc1-c1ccc(F)s1. The summed E-state index contributed by atoms with van der Waals surface area (Å²) in [4.78, 5) is 35.0. The Bertz CT molecular complexity index is 3430. The van der Waals surface area contributed by atoms with Crippen LogP contribution in [0.2, 0.25) is 0 Å². The van der Waals surface area contributed by atoms with Gasteiger partial charge in [-0.3, -0.25) is 30.4 Å². The normalized spacial score (nSPS) is 13.4. The molecule has 1 aliphatic rings. The van der Waals surface area contributed by atoms with E-state index in [-0.39, 0.29) is 26.8 Å². The lowest BCUT2D eigenvalue weighted by atomic mass is 9.82. The molecule has 388 valence electrons. The highest BCUT2D eigenvalue weighted by atomic mass is 79.9. The number of halogens is 4. The van der Waals surface area contributed by atoms with Gasteiger partial charge in [0.2, 0.25) is 0 Å². The molecule has 1 aliphatic heterocycles. The second-order valence-corrected chi connectivity index (χ2v) is 22.3. The van der Waals surface area contributed by atoms with Gasteiger partial charge < -0.3 is 19.8 Å². The molecule has 9 aromatic rings. The summed E-state index contributed by atoms with van der Waals surface area (Å²) in [5.41, 5.74) is 11.0. The standard InChI is InChI=1S/C14H23BN2O4.C13H8FN3O2S.C13H10FN3S.C10H5BrFNO2S/c1-12(2,3)19-11(18)17-9-10(8-16-17)15-20-13(4,5)14(6,7)21-15;14-13-4-3-12(20-13)10-2-1-8(5-11(10)17(18)19)9-6-15-16-7-9;14-13-4-3-12(18-13)10-2-1-8(5-11(10)15)9-6-16-17-7-9;11-6-1-2-7(8(5-6)13(14)15)9-3-4-10(12)16-9/h8-9H,1-7H3;1-7H,(H,15,16);1-7H,15H2,(H,16,17);1-5H. The van der Waals surface area contributed by atoms with Gasteiger partial charge in [0.05, 0.1) is 44.6 Å². The van der Waals surface area contributed by atoms with Crippen LogP contribution in [0.25, 0.3) is 53.6 Å². The third-order valence-electron chi connectivity index (χ3n) is 11.3. The molecular formula is C50H46BBrF3N9O8S3. The second kappa shape index (κ2) is 23.1. The molecule has 6 aromatic heterocycles. The highest BCUT2D eigenvalue weighted by molar-refractivity contribution is 9.10. The molecule has 0 aliphatic carbocycles. The molecule has 0 spiro atoms. The predicted molar refractivity (Wildman–Crippen MR) is 289 cm³/mol. The lowest BCUT2D eigenvalue weighted by Crippen LogP contribution is -2.41. The number of hydrogen-bond donors (Lipinski definition) is 3. The van der Waals surface area contributed by atoms with Gasteiger partial charge >= 0.3 is 13.2 Å². The van der Waals surface area contributed by atoms with E-state index >= 15 is 0 Å². The minimum atomic E-state index is -0.562. The third-order valence-corrected chi connectivity index (χ3v) is 14.5. The number of thiophene rings is 3. The van der Waals surface area contributed by atoms with Crippen LogP contribution in [0.1, 0.15) is 48.5 Å². The Kier molecular flexibility index (Phi) is 17.1. The van der Waals surface area contributed by atoms with Crippen molar-refractivity contribution in [2.75, 3.05) is 5.73 Å².